The first-order valence-corrected chi connectivity index (χ1v) is 5.43. The monoisotopic (exact) mass is 186 g/mol. The zero-order valence-electron chi connectivity index (χ0n) is 9.08. The van der Waals surface area contributed by atoms with Crippen molar-refractivity contribution in [2.24, 2.45) is 11.8 Å². The fourth-order valence-electron chi connectivity index (χ4n) is 1.51. The predicted molar refractivity (Wildman–Crippen MR) is 53.5 cm³/mol. The minimum absolute atomic E-state index is 0.0966. The van der Waals surface area contributed by atoms with Gasteiger partial charge in [0.05, 0.1) is 13.2 Å². The largest absolute Gasteiger partial charge is 0.350 e. The van der Waals surface area contributed by atoms with Gasteiger partial charge in [-0.25, -0.2) is 0 Å². The van der Waals surface area contributed by atoms with Gasteiger partial charge in [0.25, 0.3) is 0 Å². The molecule has 0 aliphatic carbocycles. The Morgan fingerprint density at radius 3 is 2.31 bits per heavy atom. The molecular weight excluding hydrogens is 164 g/mol. The zero-order chi connectivity index (χ0) is 9.68. The molecule has 0 bridgehead atoms. The highest BCUT2D eigenvalue weighted by molar-refractivity contribution is 4.59. The molecule has 0 N–H and O–H groups in total. The second kappa shape index (κ2) is 5.61. The van der Waals surface area contributed by atoms with E-state index < -0.39 is 0 Å². The SMILES string of the molecule is CC(C)C(C)CCCC1OCCO1. The van der Waals surface area contributed by atoms with E-state index in [1.54, 1.807) is 0 Å². The van der Waals surface area contributed by atoms with Crippen molar-refractivity contribution in [2.45, 2.75) is 46.3 Å². The molecule has 1 aliphatic rings. The highest BCUT2D eigenvalue weighted by Gasteiger charge is 2.16. The number of ether oxygens (including phenoxy) is 2. The Kier molecular flexibility index (Phi) is 4.74. The summed E-state index contributed by atoms with van der Waals surface area (Å²) in [6.45, 7) is 8.45. The molecule has 1 atom stereocenters. The van der Waals surface area contributed by atoms with Crippen LogP contribution in [0.25, 0.3) is 0 Å². The van der Waals surface area contributed by atoms with Gasteiger partial charge in [0, 0.05) is 0 Å². The lowest BCUT2D eigenvalue weighted by atomic mass is 9.93. The predicted octanol–water partition coefficient (Wildman–Crippen LogP) is 2.82. The molecule has 0 spiro atoms. The molecule has 0 aromatic heterocycles. The lowest BCUT2D eigenvalue weighted by Crippen LogP contribution is -2.09. The minimum Gasteiger partial charge on any atom is -0.350 e. The Morgan fingerprint density at radius 2 is 1.77 bits per heavy atom. The second-order valence-electron chi connectivity index (χ2n) is 4.32. The molecule has 1 heterocycles. The van der Waals surface area contributed by atoms with Crippen LogP contribution in [-0.2, 0) is 9.47 Å². The Bertz CT molecular complexity index is 126. The van der Waals surface area contributed by atoms with E-state index in [1.165, 1.54) is 12.8 Å². The van der Waals surface area contributed by atoms with Crippen molar-refractivity contribution >= 4 is 0 Å². The van der Waals surface area contributed by atoms with Gasteiger partial charge in [-0.1, -0.05) is 27.2 Å². The van der Waals surface area contributed by atoms with Crippen LogP contribution in [-0.4, -0.2) is 19.5 Å². The van der Waals surface area contributed by atoms with Gasteiger partial charge in [0.15, 0.2) is 6.29 Å². The van der Waals surface area contributed by atoms with Crippen molar-refractivity contribution in [3.8, 4) is 0 Å². The van der Waals surface area contributed by atoms with E-state index in [4.69, 9.17) is 9.47 Å². The van der Waals surface area contributed by atoms with Crippen molar-refractivity contribution in [1.82, 2.24) is 0 Å². The lowest BCUT2D eigenvalue weighted by Gasteiger charge is -2.16. The summed E-state index contributed by atoms with van der Waals surface area (Å²) in [5.41, 5.74) is 0. The second-order valence-corrected chi connectivity index (χ2v) is 4.32. The smallest absolute Gasteiger partial charge is 0.157 e. The summed E-state index contributed by atoms with van der Waals surface area (Å²) in [7, 11) is 0. The molecule has 1 rings (SSSR count). The van der Waals surface area contributed by atoms with Crippen LogP contribution in [0.5, 0.6) is 0 Å². The minimum atomic E-state index is 0.0966. The summed E-state index contributed by atoms with van der Waals surface area (Å²) >= 11 is 0. The third-order valence-corrected chi connectivity index (χ3v) is 2.93. The Labute approximate surface area is 81.6 Å². The number of rotatable bonds is 5. The van der Waals surface area contributed by atoms with Gasteiger partial charge < -0.3 is 9.47 Å². The molecule has 0 saturated carbocycles. The van der Waals surface area contributed by atoms with Gasteiger partial charge in [0.1, 0.15) is 0 Å². The maximum atomic E-state index is 5.37. The molecule has 1 saturated heterocycles. The summed E-state index contributed by atoms with van der Waals surface area (Å²) in [5, 5.41) is 0. The maximum Gasteiger partial charge on any atom is 0.157 e. The molecule has 0 aromatic carbocycles. The molecule has 2 heteroatoms. The first-order valence-electron chi connectivity index (χ1n) is 5.43. The van der Waals surface area contributed by atoms with E-state index in [1.807, 2.05) is 0 Å². The molecule has 0 amide bonds. The van der Waals surface area contributed by atoms with Crippen LogP contribution < -0.4 is 0 Å². The van der Waals surface area contributed by atoms with Crippen LogP contribution in [0.2, 0.25) is 0 Å². The highest BCUT2D eigenvalue weighted by atomic mass is 16.7. The van der Waals surface area contributed by atoms with Gasteiger partial charge in [-0.2, -0.15) is 0 Å². The van der Waals surface area contributed by atoms with E-state index >= 15 is 0 Å². The van der Waals surface area contributed by atoms with Crippen LogP contribution >= 0.6 is 0 Å². The molecular formula is C11H22O2. The molecule has 13 heavy (non-hydrogen) atoms. The molecule has 1 unspecified atom stereocenters. The molecule has 0 radical (unpaired) electrons. The van der Waals surface area contributed by atoms with Gasteiger partial charge in [-0.15, -0.1) is 0 Å². The molecule has 2 nitrogen and oxygen atoms in total. The average Bonchev–Trinajstić information content (AvgIpc) is 2.56. The number of hydrogen-bond acceptors (Lipinski definition) is 2. The highest BCUT2D eigenvalue weighted by Crippen LogP contribution is 2.19. The Balaban J connectivity index is 1.99. The Hall–Kier alpha value is -0.0800. The van der Waals surface area contributed by atoms with E-state index in [-0.39, 0.29) is 6.29 Å². The maximum absolute atomic E-state index is 5.37. The fraction of sp³-hybridized carbons (Fsp3) is 1.00. The topological polar surface area (TPSA) is 18.5 Å². The van der Waals surface area contributed by atoms with Crippen molar-refractivity contribution < 1.29 is 9.47 Å². The van der Waals surface area contributed by atoms with E-state index in [2.05, 4.69) is 20.8 Å². The molecule has 78 valence electrons. The average molecular weight is 186 g/mol. The van der Waals surface area contributed by atoms with Crippen molar-refractivity contribution in [3.63, 3.8) is 0 Å². The summed E-state index contributed by atoms with van der Waals surface area (Å²) in [6, 6.07) is 0. The van der Waals surface area contributed by atoms with Gasteiger partial charge >= 0.3 is 0 Å². The van der Waals surface area contributed by atoms with Crippen molar-refractivity contribution in [1.29, 1.82) is 0 Å². The first kappa shape index (κ1) is 11.0. The quantitative estimate of drug-likeness (QED) is 0.657. The Morgan fingerprint density at radius 1 is 1.15 bits per heavy atom. The molecule has 1 fully saturated rings. The number of hydrogen-bond donors (Lipinski definition) is 0. The summed E-state index contributed by atoms with van der Waals surface area (Å²) in [5.74, 6) is 1.62. The zero-order valence-corrected chi connectivity index (χ0v) is 9.08. The third-order valence-electron chi connectivity index (χ3n) is 2.93. The van der Waals surface area contributed by atoms with Crippen LogP contribution in [0.1, 0.15) is 40.0 Å². The fourth-order valence-corrected chi connectivity index (χ4v) is 1.51. The van der Waals surface area contributed by atoms with Crippen LogP contribution in [0.3, 0.4) is 0 Å². The summed E-state index contributed by atoms with van der Waals surface area (Å²) in [6.07, 6.45) is 3.68. The van der Waals surface area contributed by atoms with E-state index in [9.17, 15) is 0 Å². The third kappa shape index (κ3) is 4.10. The van der Waals surface area contributed by atoms with E-state index in [0.29, 0.717) is 0 Å². The van der Waals surface area contributed by atoms with Gasteiger partial charge in [-0.05, 0) is 24.7 Å². The van der Waals surface area contributed by atoms with Crippen molar-refractivity contribution in [2.75, 3.05) is 13.2 Å². The van der Waals surface area contributed by atoms with Crippen LogP contribution in [0, 0.1) is 11.8 Å². The van der Waals surface area contributed by atoms with Crippen LogP contribution in [0.15, 0.2) is 0 Å². The summed E-state index contributed by atoms with van der Waals surface area (Å²) in [4.78, 5) is 0. The van der Waals surface area contributed by atoms with Crippen LogP contribution in [0.4, 0.5) is 0 Å². The normalized spacial score (nSPS) is 21.2. The lowest BCUT2D eigenvalue weighted by molar-refractivity contribution is -0.0486. The van der Waals surface area contributed by atoms with Gasteiger partial charge in [0.2, 0.25) is 0 Å². The first-order chi connectivity index (χ1) is 6.20. The van der Waals surface area contributed by atoms with Gasteiger partial charge in [-0.3, -0.25) is 0 Å². The summed E-state index contributed by atoms with van der Waals surface area (Å²) < 4.78 is 10.7. The van der Waals surface area contributed by atoms with Crippen molar-refractivity contribution in [3.05, 3.63) is 0 Å². The van der Waals surface area contributed by atoms with E-state index in [0.717, 1.165) is 31.5 Å². The molecule has 1 aliphatic heterocycles. The standard InChI is InChI=1S/C11H22O2/c1-9(2)10(3)5-4-6-11-12-7-8-13-11/h9-11H,4-8H2,1-3H3. The molecule has 0 aromatic rings.